The molecule has 0 atom stereocenters. The average Bonchev–Trinajstić information content (AvgIpc) is 1.93. The topological polar surface area (TPSA) is 29.1 Å². The van der Waals surface area contributed by atoms with Gasteiger partial charge in [0.2, 0.25) is 0 Å². The largest absolute Gasteiger partial charge is 0.317 e. The van der Waals surface area contributed by atoms with Crippen molar-refractivity contribution in [2.75, 3.05) is 13.1 Å². The third-order valence-corrected chi connectivity index (χ3v) is 1.21. The zero-order valence-corrected chi connectivity index (χ0v) is 5.40. The Hall–Kier alpha value is -0.440. The molecule has 0 aromatic heterocycles. The Balaban J connectivity index is 0.000000187. The summed E-state index contributed by atoms with van der Waals surface area (Å²) >= 11 is 0. The van der Waals surface area contributed by atoms with Crippen molar-refractivity contribution in [3.05, 3.63) is 0 Å². The Bertz CT molecular complexity index is 52.6. The van der Waals surface area contributed by atoms with E-state index in [-0.39, 0.29) is 0 Å². The van der Waals surface area contributed by atoms with E-state index in [9.17, 15) is 4.39 Å². The van der Waals surface area contributed by atoms with Crippen LogP contribution in [-0.4, -0.2) is 19.6 Å². The number of hydrogen-bond donors (Lipinski definition) is 1. The Morgan fingerprint density at radius 3 is 1.78 bits per heavy atom. The van der Waals surface area contributed by atoms with Crippen molar-refractivity contribution in [3.8, 4) is 0 Å². The third-order valence-electron chi connectivity index (χ3n) is 1.21. The van der Waals surface area contributed by atoms with Crippen LogP contribution in [0.15, 0.2) is 0 Å². The highest BCUT2D eigenvalue weighted by atomic mass is 19.1. The second kappa shape index (κ2) is 7.56. The van der Waals surface area contributed by atoms with Gasteiger partial charge in [0, 0.05) is 0 Å². The van der Waals surface area contributed by atoms with E-state index in [0.29, 0.717) is 0 Å². The van der Waals surface area contributed by atoms with E-state index in [1.165, 1.54) is 32.4 Å². The van der Waals surface area contributed by atoms with Crippen molar-refractivity contribution in [3.63, 3.8) is 0 Å². The van der Waals surface area contributed by atoms with Crippen LogP contribution >= 0.6 is 0 Å². The van der Waals surface area contributed by atoms with Gasteiger partial charge >= 0.3 is 0 Å². The van der Waals surface area contributed by atoms with Crippen LogP contribution in [0.25, 0.3) is 0 Å². The summed E-state index contributed by atoms with van der Waals surface area (Å²) in [4.78, 5) is 8.14. The second-order valence-corrected chi connectivity index (χ2v) is 1.90. The van der Waals surface area contributed by atoms with Crippen molar-refractivity contribution in [1.29, 1.82) is 0 Å². The molecule has 0 saturated carbocycles. The van der Waals surface area contributed by atoms with Crippen LogP contribution in [0.4, 0.5) is 4.39 Å². The summed E-state index contributed by atoms with van der Waals surface area (Å²) in [6.45, 7) is 1.75. The number of carbonyl (C=O) groups is 1. The Morgan fingerprint density at radius 1 is 1.22 bits per heavy atom. The quantitative estimate of drug-likeness (QED) is 0.393. The van der Waals surface area contributed by atoms with E-state index in [2.05, 4.69) is 5.32 Å². The van der Waals surface area contributed by atoms with Gasteiger partial charge < -0.3 is 5.32 Å². The molecule has 1 fully saturated rings. The molecule has 0 radical (unpaired) electrons. The van der Waals surface area contributed by atoms with Crippen molar-refractivity contribution in [1.82, 2.24) is 5.32 Å². The van der Waals surface area contributed by atoms with E-state index in [0.717, 1.165) is 0 Å². The van der Waals surface area contributed by atoms with Crippen LogP contribution < -0.4 is 5.32 Å². The van der Waals surface area contributed by atoms with Crippen LogP contribution in [0.5, 0.6) is 0 Å². The third kappa shape index (κ3) is 7.56. The Kier molecular flexibility index (Phi) is 7.19. The molecule has 3 heteroatoms. The maximum Gasteiger partial charge on any atom is 0.289 e. The minimum absolute atomic E-state index is 0.750. The maximum absolute atomic E-state index is 9.61. The zero-order chi connectivity index (χ0) is 6.95. The predicted molar refractivity (Wildman–Crippen MR) is 34.6 cm³/mol. The summed E-state index contributed by atoms with van der Waals surface area (Å²) in [6, 6.07) is 0. The standard InChI is InChI=1S/C5H11N.CHFO/c1-2-4-6-5-3-1;2-1-3/h6H,1-5H2;1H. The fourth-order valence-corrected chi connectivity index (χ4v) is 0.802. The van der Waals surface area contributed by atoms with Crippen molar-refractivity contribution >= 4 is 6.54 Å². The highest BCUT2D eigenvalue weighted by molar-refractivity contribution is 5.35. The van der Waals surface area contributed by atoms with Gasteiger partial charge in [-0.3, -0.25) is 4.79 Å². The first-order valence-corrected chi connectivity index (χ1v) is 3.16. The molecule has 1 saturated heterocycles. The summed E-state index contributed by atoms with van der Waals surface area (Å²) in [7, 11) is 0. The first kappa shape index (κ1) is 8.56. The highest BCUT2D eigenvalue weighted by Gasteiger charge is 1.93. The molecule has 9 heavy (non-hydrogen) atoms. The monoisotopic (exact) mass is 133 g/mol. The lowest BCUT2D eigenvalue weighted by atomic mass is 10.2. The van der Waals surface area contributed by atoms with Crippen LogP contribution in [0.3, 0.4) is 0 Å². The highest BCUT2D eigenvalue weighted by Crippen LogP contribution is 1.96. The fourth-order valence-electron chi connectivity index (χ4n) is 0.802. The van der Waals surface area contributed by atoms with Crippen molar-refractivity contribution in [2.45, 2.75) is 19.3 Å². The molecule has 0 bridgehead atoms. The van der Waals surface area contributed by atoms with Gasteiger partial charge in [0.25, 0.3) is 6.54 Å². The van der Waals surface area contributed by atoms with Gasteiger partial charge in [-0.1, -0.05) is 6.42 Å². The molecule has 1 aliphatic rings. The van der Waals surface area contributed by atoms with Crippen LogP contribution in [0.2, 0.25) is 0 Å². The maximum atomic E-state index is 9.61. The van der Waals surface area contributed by atoms with E-state index < -0.39 is 6.54 Å². The SMILES string of the molecule is C1CCNCC1.O=CF. The van der Waals surface area contributed by atoms with Gasteiger partial charge in [-0.05, 0) is 25.9 Å². The van der Waals surface area contributed by atoms with Crippen molar-refractivity contribution in [2.24, 2.45) is 0 Å². The number of carbonyl (C=O) groups excluding carboxylic acids is 1. The van der Waals surface area contributed by atoms with Crippen LogP contribution in [0, 0.1) is 0 Å². The average molecular weight is 133 g/mol. The van der Waals surface area contributed by atoms with E-state index >= 15 is 0 Å². The van der Waals surface area contributed by atoms with Gasteiger partial charge in [0.05, 0.1) is 0 Å². The van der Waals surface area contributed by atoms with Gasteiger partial charge in [-0.2, -0.15) is 4.39 Å². The van der Waals surface area contributed by atoms with Crippen LogP contribution in [0.1, 0.15) is 19.3 Å². The molecular weight excluding hydrogens is 121 g/mol. The molecule has 0 aromatic carbocycles. The number of nitrogens with one attached hydrogen (secondary N) is 1. The minimum Gasteiger partial charge on any atom is -0.317 e. The molecule has 0 unspecified atom stereocenters. The lowest BCUT2D eigenvalue weighted by molar-refractivity contribution is 0.510. The number of hydrogen-bond acceptors (Lipinski definition) is 2. The summed E-state index contributed by atoms with van der Waals surface area (Å²) < 4.78 is 9.61. The number of piperidine rings is 1. The predicted octanol–water partition coefficient (Wildman–Crippen LogP) is 0.906. The van der Waals surface area contributed by atoms with Gasteiger partial charge in [0.15, 0.2) is 0 Å². The molecule has 1 N–H and O–H groups in total. The Labute approximate surface area is 54.4 Å². The molecule has 54 valence electrons. The lowest BCUT2D eigenvalue weighted by Crippen LogP contribution is -2.21. The molecule has 1 rings (SSSR count). The first-order chi connectivity index (χ1) is 4.41. The Morgan fingerprint density at radius 2 is 1.67 bits per heavy atom. The summed E-state index contributed by atoms with van der Waals surface area (Å²) in [5.41, 5.74) is 0. The van der Waals surface area contributed by atoms with Crippen molar-refractivity contribution < 1.29 is 9.18 Å². The summed E-state index contributed by atoms with van der Waals surface area (Å²) in [5.74, 6) is 0. The van der Waals surface area contributed by atoms with Gasteiger partial charge in [-0.25, -0.2) is 0 Å². The molecule has 0 aliphatic carbocycles. The number of rotatable bonds is 0. The lowest BCUT2D eigenvalue weighted by Gasteiger charge is -2.08. The molecular formula is C6H12FNO. The minimum atomic E-state index is -0.750. The van der Waals surface area contributed by atoms with E-state index in [1.54, 1.807) is 0 Å². The van der Waals surface area contributed by atoms with Crippen LogP contribution in [-0.2, 0) is 4.79 Å². The summed E-state index contributed by atoms with van der Waals surface area (Å²) in [5, 5.41) is 3.28. The molecule has 0 spiro atoms. The molecule has 1 heterocycles. The number of halogens is 1. The van der Waals surface area contributed by atoms with Gasteiger partial charge in [0.1, 0.15) is 0 Å². The fraction of sp³-hybridized carbons (Fsp3) is 0.833. The molecule has 1 aliphatic heterocycles. The van der Waals surface area contributed by atoms with E-state index in [4.69, 9.17) is 4.79 Å². The van der Waals surface area contributed by atoms with E-state index in [1.807, 2.05) is 0 Å². The molecule has 2 nitrogen and oxygen atoms in total. The molecule has 0 amide bonds. The summed E-state index contributed by atoms with van der Waals surface area (Å²) in [6.07, 6.45) is 4.22. The molecule has 0 aromatic rings. The smallest absolute Gasteiger partial charge is 0.289 e. The second-order valence-electron chi connectivity index (χ2n) is 1.90. The van der Waals surface area contributed by atoms with Gasteiger partial charge in [-0.15, -0.1) is 0 Å². The zero-order valence-electron chi connectivity index (χ0n) is 5.40. The normalized spacial score (nSPS) is 17.4. The first-order valence-electron chi connectivity index (χ1n) is 3.16.